The van der Waals surface area contributed by atoms with Crippen LogP contribution < -0.4 is 18.6 Å². The fourth-order valence-corrected chi connectivity index (χ4v) is 1.44. The molecule has 0 unspecified atom stereocenters. The van der Waals surface area contributed by atoms with E-state index in [0.29, 0.717) is 26.2 Å². The summed E-state index contributed by atoms with van der Waals surface area (Å²) in [5.74, 6) is 0. The molecule has 0 saturated heterocycles. The Morgan fingerprint density at radius 2 is 1.21 bits per heavy atom. The molecule has 142 valence electrons. The van der Waals surface area contributed by atoms with Crippen LogP contribution >= 0.6 is 0 Å². The van der Waals surface area contributed by atoms with Gasteiger partial charge in [0, 0.05) is 19.2 Å². The summed E-state index contributed by atoms with van der Waals surface area (Å²) in [6.45, 7) is 2.10. The Balaban J connectivity index is 0. The van der Waals surface area contributed by atoms with E-state index >= 15 is 0 Å². The SMILES string of the molecule is OCCN(/C=C/C=C/C=[N+](CCO)CCO)CCO.[O-][Cl+3]([O-])([O-])[O-]. The normalized spacial score (nSPS) is 11.5. The van der Waals surface area contributed by atoms with E-state index in [-0.39, 0.29) is 26.4 Å². The van der Waals surface area contributed by atoms with Crippen molar-refractivity contribution in [2.75, 3.05) is 52.6 Å². The van der Waals surface area contributed by atoms with Crippen molar-refractivity contribution in [3.05, 3.63) is 24.4 Å². The van der Waals surface area contributed by atoms with E-state index in [2.05, 4.69) is 0 Å². The molecular formula is C13H25ClN2O8. The minimum atomic E-state index is -4.94. The van der Waals surface area contributed by atoms with Gasteiger partial charge in [-0.25, -0.2) is 23.2 Å². The zero-order chi connectivity index (χ0) is 18.8. The maximum atomic E-state index is 8.82. The minimum absolute atomic E-state index is 0.0426. The molecule has 10 nitrogen and oxygen atoms in total. The van der Waals surface area contributed by atoms with E-state index in [0.717, 1.165) is 0 Å². The minimum Gasteiger partial charge on any atom is -0.395 e. The molecule has 0 amide bonds. The van der Waals surface area contributed by atoms with Gasteiger partial charge >= 0.3 is 0 Å². The van der Waals surface area contributed by atoms with Crippen molar-refractivity contribution in [1.29, 1.82) is 0 Å². The predicted molar refractivity (Wildman–Crippen MR) is 74.3 cm³/mol. The van der Waals surface area contributed by atoms with Crippen molar-refractivity contribution < 1.29 is 53.9 Å². The Bertz CT molecular complexity index is 351. The monoisotopic (exact) mass is 372 g/mol. The smallest absolute Gasteiger partial charge is 0.165 e. The van der Waals surface area contributed by atoms with Gasteiger partial charge in [-0.15, -0.1) is 10.2 Å². The van der Waals surface area contributed by atoms with Gasteiger partial charge in [0.1, 0.15) is 13.2 Å². The van der Waals surface area contributed by atoms with Crippen molar-refractivity contribution in [3.63, 3.8) is 0 Å². The molecule has 0 aliphatic carbocycles. The van der Waals surface area contributed by atoms with Crippen molar-refractivity contribution in [1.82, 2.24) is 4.90 Å². The molecule has 0 saturated carbocycles. The predicted octanol–water partition coefficient (Wildman–Crippen LogP) is -6.35. The Morgan fingerprint density at radius 3 is 1.58 bits per heavy atom. The summed E-state index contributed by atoms with van der Waals surface area (Å²) >= 11 is 0. The number of allylic oxidation sites excluding steroid dienone is 3. The number of rotatable bonds is 11. The maximum Gasteiger partial charge on any atom is 0.165 e. The van der Waals surface area contributed by atoms with Crippen LogP contribution in [0.15, 0.2) is 24.4 Å². The van der Waals surface area contributed by atoms with Crippen molar-refractivity contribution >= 4 is 6.21 Å². The summed E-state index contributed by atoms with van der Waals surface area (Å²) in [5, 5.41) is 35.3. The summed E-state index contributed by atoms with van der Waals surface area (Å²) in [7, 11) is -4.94. The maximum absolute atomic E-state index is 8.82. The van der Waals surface area contributed by atoms with Gasteiger partial charge < -0.3 is 25.3 Å². The van der Waals surface area contributed by atoms with E-state index in [1.165, 1.54) is 0 Å². The van der Waals surface area contributed by atoms with Crippen LogP contribution in [-0.2, 0) is 0 Å². The highest BCUT2D eigenvalue weighted by atomic mass is 35.7. The van der Waals surface area contributed by atoms with Crippen LogP contribution in [0.4, 0.5) is 0 Å². The van der Waals surface area contributed by atoms with E-state index in [9.17, 15) is 0 Å². The average molecular weight is 373 g/mol. The molecule has 11 heteroatoms. The van der Waals surface area contributed by atoms with E-state index < -0.39 is 10.2 Å². The third-order valence-corrected chi connectivity index (χ3v) is 2.36. The quantitative estimate of drug-likeness (QED) is 0.156. The van der Waals surface area contributed by atoms with Crippen molar-refractivity contribution in [2.45, 2.75) is 0 Å². The van der Waals surface area contributed by atoms with Gasteiger partial charge in [0.2, 0.25) is 0 Å². The molecule has 4 N–H and O–H groups in total. The summed E-state index contributed by atoms with van der Waals surface area (Å²) < 4.78 is 35.8. The lowest BCUT2D eigenvalue weighted by Crippen LogP contribution is -2.68. The van der Waals surface area contributed by atoms with Crippen LogP contribution in [0.5, 0.6) is 0 Å². The molecule has 0 aromatic rings. The van der Waals surface area contributed by atoms with Gasteiger partial charge in [-0.1, -0.05) is 6.08 Å². The first-order valence-corrected chi connectivity index (χ1v) is 8.23. The first-order valence-electron chi connectivity index (χ1n) is 7.00. The summed E-state index contributed by atoms with van der Waals surface area (Å²) in [5.41, 5.74) is 0. The zero-order valence-corrected chi connectivity index (χ0v) is 14.0. The molecule has 0 fully saturated rings. The highest BCUT2D eigenvalue weighted by molar-refractivity contribution is 5.66. The van der Waals surface area contributed by atoms with Gasteiger partial charge in [-0.3, -0.25) is 0 Å². The molecule has 24 heavy (non-hydrogen) atoms. The number of halogens is 1. The van der Waals surface area contributed by atoms with Crippen LogP contribution in [-0.4, -0.2) is 88.7 Å². The highest BCUT2D eigenvalue weighted by Gasteiger charge is 1.99. The largest absolute Gasteiger partial charge is 0.395 e. The lowest BCUT2D eigenvalue weighted by molar-refractivity contribution is -2.00. The van der Waals surface area contributed by atoms with Gasteiger partial charge in [-0.05, 0) is 12.3 Å². The molecule has 0 heterocycles. The molecule has 0 aliphatic rings. The number of hydrogen-bond acceptors (Lipinski definition) is 9. The van der Waals surface area contributed by atoms with Crippen molar-refractivity contribution in [3.8, 4) is 0 Å². The number of nitrogens with zero attached hydrogens (tertiary/aromatic N) is 2. The number of aliphatic hydroxyl groups is 4. The molecule has 0 aromatic carbocycles. The molecule has 0 aromatic heterocycles. The molecule has 0 bridgehead atoms. The summed E-state index contributed by atoms with van der Waals surface area (Å²) in [6, 6.07) is 0. The molecule has 0 rings (SSSR count). The van der Waals surface area contributed by atoms with Gasteiger partial charge in [0.25, 0.3) is 0 Å². The fourth-order valence-electron chi connectivity index (χ4n) is 1.44. The molecule has 0 spiro atoms. The van der Waals surface area contributed by atoms with E-state index in [1.54, 1.807) is 24.6 Å². The second-order valence-electron chi connectivity index (χ2n) is 4.22. The Labute approximate surface area is 142 Å². The molecule has 0 atom stereocenters. The van der Waals surface area contributed by atoms with Crippen LogP contribution in [0.3, 0.4) is 0 Å². The topological polar surface area (TPSA) is 179 Å². The fraction of sp³-hybridized carbons (Fsp3) is 0.615. The number of aliphatic hydroxyl groups excluding tert-OH is 4. The first kappa shape index (κ1) is 25.2. The van der Waals surface area contributed by atoms with E-state index in [1.807, 2.05) is 15.6 Å². The van der Waals surface area contributed by atoms with Crippen molar-refractivity contribution in [2.24, 2.45) is 0 Å². The second-order valence-corrected chi connectivity index (χ2v) is 4.98. The standard InChI is InChI=1S/C13H25N2O4.ClHO4/c16-10-6-14(7-11-17)4-2-1-3-5-15(8-12-18)9-13-19;2-1(3,4)5/h1-5,16-19H,6-13H2;(H,2,3,4,5)/q+1;/p-1. The molecule has 0 radical (unpaired) electrons. The summed E-state index contributed by atoms with van der Waals surface area (Å²) in [6.07, 6.45) is 9.00. The zero-order valence-electron chi connectivity index (χ0n) is 13.2. The Morgan fingerprint density at radius 1 is 0.750 bits per heavy atom. The lowest BCUT2D eigenvalue weighted by atomic mass is 10.4. The van der Waals surface area contributed by atoms with Crippen LogP contribution in [0.25, 0.3) is 0 Å². The number of hydrogen-bond donors (Lipinski definition) is 4. The third-order valence-electron chi connectivity index (χ3n) is 2.36. The van der Waals surface area contributed by atoms with Gasteiger partial charge in [-0.2, -0.15) is 0 Å². The molecule has 0 aliphatic heterocycles. The third kappa shape index (κ3) is 23.2. The average Bonchev–Trinajstić information content (AvgIpc) is 2.46. The highest BCUT2D eigenvalue weighted by Crippen LogP contribution is 1.89. The second kappa shape index (κ2) is 16.8. The van der Waals surface area contributed by atoms with Crippen LogP contribution in [0.1, 0.15) is 0 Å². The Hall–Kier alpha value is -1.08. The van der Waals surface area contributed by atoms with Gasteiger partial charge in [0.15, 0.2) is 19.3 Å². The summed E-state index contributed by atoms with van der Waals surface area (Å²) in [4.78, 5) is 1.81. The first-order chi connectivity index (χ1) is 11.3. The Kier molecular flexibility index (Phi) is 17.6. The lowest BCUT2D eigenvalue weighted by Gasteiger charge is -2.17. The van der Waals surface area contributed by atoms with Gasteiger partial charge in [0.05, 0.1) is 13.2 Å². The van der Waals surface area contributed by atoms with Crippen LogP contribution in [0, 0.1) is 10.2 Å². The van der Waals surface area contributed by atoms with E-state index in [4.69, 9.17) is 39.1 Å². The molecular weight excluding hydrogens is 348 g/mol. The van der Waals surface area contributed by atoms with Crippen LogP contribution in [0.2, 0.25) is 0 Å².